The van der Waals surface area contributed by atoms with Crippen molar-refractivity contribution in [2.75, 3.05) is 19.6 Å². The van der Waals surface area contributed by atoms with E-state index in [1.54, 1.807) is 0 Å². The molecule has 0 amide bonds. The van der Waals surface area contributed by atoms with Crippen LogP contribution in [-0.2, 0) is 15.0 Å². The summed E-state index contributed by atoms with van der Waals surface area (Å²) in [5, 5.41) is 8.99. The average Bonchev–Trinajstić information content (AvgIpc) is 2.27. The van der Waals surface area contributed by atoms with Crippen molar-refractivity contribution in [1.29, 1.82) is 0 Å². The minimum atomic E-state index is -3.58. The predicted octanol–water partition coefficient (Wildman–Crippen LogP) is 0.370. The Morgan fingerprint density at radius 3 is 2.41 bits per heavy atom. The van der Waals surface area contributed by atoms with E-state index in [1.807, 2.05) is 0 Å². The number of hydrogen-bond donors (Lipinski definition) is 2. The van der Waals surface area contributed by atoms with Crippen LogP contribution in [0.1, 0.15) is 12.8 Å². The average molecular weight is 283 g/mol. The van der Waals surface area contributed by atoms with Crippen molar-refractivity contribution < 1.29 is 18.3 Å². The summed E-state index contributed by atoms with van der Waals surface area (Å²) in [7, 11) is -3.58. The second kappa shape index (κ2) is 5.81. The van der Waals surface area contributed by atoms with Gasteiger partial charge in [0.1, 0.15) is 0 Å². The Bertz CT molecular complexity index is 401. The molecule has 17 heavy (non-hydrogen) atoms. The number of hydrogen-bond acceptors (Lipinski definition) is 3. The summed E-state index contributed by atoms with van der Waals surface area (Å²) in [5.41, 5.74) is 0. The highest BCUT2D eigenvalue weighted by molar-refractivity contribution is 7.87. The maximum atomic E-state index is 11.7. The highest BCUT2D eigenvalue weighted by atomic mass is 35.5. The molecule has 8 heteroatoms. The Balaban J connectivity index is 2.52. The van der Waals surface area contributed by atoms with Crippen LogP contribution in [0.25, 0.3) is 0 Å². The minimum Gasteiger partial charge on any atom is -0.481 e. The third kappa shape index (κ3) is 4.27. The number of carboxylic acids is 1. The molecular formula is C9H15ClN2O4S. The van der Waals surface area contributed by atoms with E-state index in [0.29, 0.717) is 12.8 Å². The smallest absolute Gasteiger partial charge is 0.306 e. The number of aliphatic carboxylic acids is 1. The first-order valence-electron chi connectivity index (χ1n) is 5.14. The molecule has 2 N–H and O–H groups in total. The molecule has 1 rings (SSSR count). The zero-order valence-corrected chi connectivity index (χ0v) is 10.8. The Morgan fingerprint density at radius 2 is 2.00 bits per heavy atom. The molecule has 98 valence electrons. The lowest BCUT2D eigenvalue weighted by molar-refractivity contribution is -0.142. The highest BCUT2D eigenvalue weighted by Gasteiger charge is 2.30. The van der Waals surface area contributed by atoms with E-state index in [9.17, 15) is 13.2 Å². The molecule has 0 spiro atoms. The van der Waals surface area contributed by atoms with Gasteiger partial charge in [0.05, 0.1) is 5.92 Å². The molecule has 6 nitrogen and oxygen atoms in total. The number of halogens is 1. The summed E-state index contributed by atoms with van der Waals surface area (Å²) in [6.07, 6.45) is 0.663. The summed E-state index contributed by atoms with van der Waals surface area (Å²) in [6, 6.07) is 0. The Labute approximate surface area is 105 Å². The standard InChI is InChI=1S/C9H15ClN2O4S/c1-7(10)6-11-17(15,16)12-4-2-8(3-5-12)9(13)14/h8,11H,1-6H2,(H,13,14). The van der Waals surface area contributed by atoms with Crippen molar-refractivity contribution in [3.63, 3.8) is 0 Å². The normalized spacial score (nSPS) is 19.1. The van der Waals surface area contributed by atoms with Crippen LogP contribution in [0.15, 0.2) is 11.6 Å². The molecule has 0 bridgehead atoms. The second-order valence-corrected chi connectivity index (χ2v) is 6.14. The molecule has 1 aliphatic heterocycles. The zero-order valence-electron chi connectivity index (χ0n) is 9.23. The molecule has 1 saturated heterocycles. The van der Waals surface area contributed by atoms with Gasteiger partial charge < -0.3 is 5.11 Å². The number of piperidine rings is 1. The van der Waals surface area contributed by atoms with Crippen LogP contribution < -0.4 is 4.72 Å². The van der Waals surface area contributed by atoms with E-state index in [-0.39, 0.29) is 24.7 Å². The van der Waals surface area contributed by atoms with Gasteiger partial charge in [-0.1, -0.05) is 18.2 Å². The first-order valence-corrected chi connectivity index (χ1v) is 6.95. The van der Waals surface area contributed by atoms with Gasteiger partial charge in [0, 0.05) is 24.7 Å². The van der Waals surface area contributed by atoms with Crippen LogP contribution >= 0.6 is 11.6 Å². The third-order valence-electron chi connectivity index (χ3n) is 2.59. The molecular weight excluding hydrogens is 268 g/mol. The quantitative estimate of drug-likeness (QED) is 0.763. The second-order valence-electron chi connectivity index (χ2n) is 3.85. The summed E-state index contributed by atoms with van der Waals surface area (Å²) >= 11 is 5.47. The fraction of sp³-hybridized carbons (Fsp3) is 0.667. The topological polar surface area (TPSA) is 86.7 Å². The molecule has 1 fully saturated rings. The van der Waals surface area contributed by atoms with E-state index < -0.39 is 22.1 Å². The Kier molecular flexibility index (Phi) is 4.93. The summed E-state index contributed by atoms with van der Waals surface area (Å²) in [4.78, 5) is 10.7. The van der Waals surface area contributed by atoms with Crippen LogP contribution in [-0.4, -0.2) is 43.4 Å². The van der Waals surface area contributed by atoms with Gasteiger partial charge in [-0.3, -0.25) is 4.79 Å². The Morgan fingerprint density at radius 1 is 1.47 bits per heavy atom. The lowest BCUT2D eigenvalue weighted by Crippen LogP contribution is -2.46. The van der Waals surface area contributed by atoms with Gasteiger partial charge in [-0.25, -0.2) is 0 Å². The number of rotatable bonds is 5. The van der Waals surface area contributed by atoms with Gasteiger partial charge in [-0.2, -0.15) is 17.4 Å². The first kappa shape index (κ1) is 14.4. The van der Waals surface area contributed by atoms with E-state index in [4.69, 9.17) is 16.7 Å². The third-order valence-corrected chi connectivity index (χ3v) is 4.28. The fourth-order valence-corrected chi connectivity index (χ4v) is 2.98. The van der Waals surface area contributed by atoms with Crippen molar-refractivity contribution >= 4 is 27.8 Å². The number of nitrogens with zero attached hydrogens (tertiary/aromatic N) is 1. The Hall–Kier alpha value is -0.630. The van der Waals surface area contributed by atoms with Gasteiger partial charge in [0.25, 0.3) is 10.2 Å². The van der Waals surface area contributed by atoms with Crippen molar-refractivity contribution in [2.24, 2.45) is 5.92 Å². The molecule has 0 saturated carbocycles. The van der Waals surface area contributed by atoms with Gasteiger partial charge in [-0.05, 0) is 12.8 Å². The molecule has 0 aromatic rings. The zero-order chi connectivity index (χ0) is 13.1. The highest BCUT2D eigenvalue weighted by Crippen LogP contribution is 2.19. The van der Waals surface area contributed by atoms with Crippen molar-refractivity contribution in [1.82, 2.24) is 9.03 Å². The van der Waals surface area contributed by atoms with Crippen LogP contribution in [0.2, 0.25) is 0 Å². The largest absolute Gasteiger partial charge is 0.481 e. The summed E-state index contributed by atoms with van der Waals surface area (Å²) < 4.78 is 27.0. The van der Waals surface area contributed by atoms with Gasteiger partial charge in [0.2, 0.25) is 0 Å². The molecule has 0 unspecified atom stereocenters. The predicted molar refractivity (Wildman–Crippen MR) is 63.8 cm³/mol. The lowest BCUT2D eigenvalue weighted by Gasteiger charge is -2.29. The maximum absolute atomic E-state index is 11.7. The molecule has 0 atom stereocenters. The van der Waals surface area contributed by atoms with Crippen LogP contribution in [0, 0.1) is 5.92 Å². The van der Waals surface area contributed by atoms with E-state index in [2.05, 4.69) is 11.3 Å². The van der Waals surface area contributed by atoms with E-state index >= 15 is 0 Å². The van der Waals surface area contributed by atoms with E-state index in [0.717, 1.165) is 0 Å². The van der Waals surface area contributed by atoms with Crippen LogP contribution in [0.3, 0.4) is 0 Å². The summed E-state index contributed by atoms with van der Waals surface area (Å²) in [6.45, 7) is 3.77. The van der Waals surface area contributed by atoms with Crippen molar-refractivity contribution in [2.45, 2.75) is 12.8 Å². The lowest BCUT2D eigenvalue weighted by atomic mass is 9.99. The maximum Gasteiger partial charge on any atom is 0.306 e. The monoisotopic (exact) mass is 282 g/mol. The van der Waals surface area contributed by atoms with Gasteiger partial charge in [-0.15, -0.1) is 0 Å². The fourth-order valence-electron chi connectivity index (χ4n) is 1.60. The molecule has 0 aromatic heterocycles. The first-order chi connectivity index (χ1) is 7.83. The minimum absolute atomic E-state index is 0.0251. The van der Waals surface area contributed by atoms with Gasteiger partial charge >= 0.3 is 5.97 Å². The molecule has 0 aliphatic carbocycles. The number of carbonyl (C=O) groups is 1. The van der Waals surface area contributed by atoms with E-state index in [1.165, 1.54) is 4.31 Å². The van der Waals surface area contributed by atoms with Gasteiger partial charge in [0.15, 0.2) is 0 Å². The van der Waals surface area contributed by atoms with Crippen molar-refractivity contribution in [3.05, 3.63) is 11.6 Å². The summed E-state index contributed by atoms with van der Waals surface area (Å²) in [5.74, 6) is -1.33. The molecule has 1 aliphatic rings. The SMILES string of the molecule is C=C(Cl)CNS(=O)(=O)N1CCC(C(=O)O)CC1. The van der Waals surface area contributed by atoms with Crippen molar-refractivity contribution in [3.8, 4) is 0 Å². The van der Waals surface area contributed by atoms with Crippen LogP contribution in [0.5, 0.6) is 0 Å². The number of nitrogens with one attached hydrogen (secondary N) is 1. The molecule has 0 aromatic carbocycles. The number of carboxylic acid groups (broad SMARTS) is 1. The molecule has 1 heterocycles. The molecule has 0 radical (unpaired) electrons. The van der Waals surface area contributed by atoms with Crippen LogP contribution in [0.4, 0.5) is 0 Å².